The van der Waals surface area contributed by atoms with E-state index in [0.29, 0.717) is 6.04 Å². The Hall–Kier alpha value is -1.29. The average Bonchev–Trinajstić information content (AvgIpc) is 2.90. The Morgan fingerprint density at radius 3 is 3.00 bits per heavy atom. The lowest BCUT2D eigenvalue weighted by Crippen LogP contribution is -2.43. The smallest absolute Gasteiger partial charge is 0.226 e. The van der Waals surface area contributed by atoms with E-state index in [4.69, 9.17) is 4.42 Å². The minimum atomic E-state index is -0.00214. The maximum Gasteiger partial charge on any atom is 0.226 e. The van der Waals surface area contributed by atoms with Crippen LogP contribution in [0.1, 0.15) is 38.5 Å². The maximum atomic E-state index is 12.4. The van der Waals surface area contributed by atoms with Gasteiger partial charge in [-0.3, -0.25) is 4.79 Å². The molecule has 1 N–H and O–H groups in total. The Bertz CT molecular complexity index is 389. The van der Waals surface area contributed by atoms with Crippen molar-refractivity contribution in [3.63, 3.8) is 0 Å². The van der Waals surface area contributed by atoms with E-state index in [1.807, 2.05) is 31.0 Å². The molecule has 0 aromatic carbocycles. The molecule has 2 heterocycles. The van der Waals surface area contributed by atoms with Crippen LogP contribution in [0.15, 0.2) is 22.8 Å². The molecule has 1 unspecified atom stereocenters. The molecule has 0 radical (unpaired) electrons. The van der Waals surface area contributed by atoms with Crippen LogP contribution in [0.2, 0.25) is 0 Å². The Morgan fingerprint density at radius 1 is 1.61 bits per heavy atom. The normalized spacial score (nSPS) is 25.7. The minimum absolute atomic E-state index is 0.00214. The fraction of sp³-hybridized carbons (Fsp3) is 0.643. The van der Waals surface area contributed by atoms with E-state index >= 15 is 0 Å². The molecule has 18 heavy (non-hydrogen) atoms. The molecule has 1 aliphatic rings. The van der Waals surface area contributed by atoms with Crippen molar-refractivity contribution < 1.29 is 9.21 Å². The van der Waals surface area contributed by atoms with E-state index in [2.05, 4.69) is 12.2 Å². The monoisotopic (exact) mass is 250 g/mol. The lowest BCUT2D eigenvalue weighted by Gasteiger charge is -2.32. The zero-order valence-corrected chi connectivity index (χ0v) is 11.3. The molecule has 0 aliphatic carbocycles. The third kappa shape index (κ3) is 2.75. The highest BCUT2D eigenvalue weighted by atomic mass is 16.3. The summed E-state index contributed by atoms with van der Waals surface area (Å²) in [5.41, 5.74) is 0. The molecular weight excluding hydrogens is 228 g/mol. The number of nitrogens with zero attached hydrogens (tertiary/aromatic N) is 1. The number of nitrogens with one attached hydrogen (secondary N) is 1. The standard InChI is InChI=1S/C14H22N2O2/c1-10-9-12(6-7-15-10)14(17)16(3)11(2)13-5-4-8-18-13/h4-5,8,10-12,15H,6-7,9H2,1-3H3/t10-,11?,12-/m0/s1. The summed E-state index contributed by atoms with van der Waals surface area (Å²) in [7, 11) is 1.86. The van der Waals surface area contributed by atoms with Gasteiger partial charge in [-0.15, -0.1) is 0 Å². The highest BCUT2D eigenvalue weighted by Crippen LogP contribution is 2.24. The van der Waals surface area contributed by atoms with E-state index in [1.54, 1.807) is 6.26 Å². The van der Waals surface area contributed by atoms with Crippen molar-refractivity contribution in [2.24, 2.45) is 5.92 Å². The van der Waals surface area contributed by atoms with E-state index < -0.39 is 0 Å². The number of carbonyl (C=O) groups is 1. The molecule has 2 rings (SSSR count). The Morgan fingerprint density at radius 2 is 2.39 bits per heavy atom. The number of hydrogen-bond acceptors (Lipinski definition) is 3. The summed E-state index contributed by atoms with van der Waals surface area (Å²) in [5, 5.41) is 3.37. The molecular formula is C14H22N2O2. The molecule has 4 nitrogen and oxygen atoms in total. The first-order chi connectivity index (χ1) is 8.59. The summed E-state index contributed by atoms with van der Waals surface area (Å²) in [4.78, 5) is 14.2. The summed E-state index contributed by atoms with van der Waals surface area (Å²) >= 11 is 0. The molecule has 100 valence electrons. The van der Waals surface area contributed by atoms with Crippen LogP contribution in [0, 0.1) is 5.92 Å². The van der Waals surface area contributed by atoms with Crippen molar-refractivity contribution in [3.05, 3.63) is 24.2 Å². The van der Waals surface area contributed by atoms with Gasteiger partial charge in [0.25, 0.3) is 0 Å². The number of furan rings is 1. The molecule has 3 atom stereocenters. The van der Waals surface area contributed by atoms with Crippen molar-refractivity contribution >= 4 is 5.91 Å². The first kappa shape index (κ1) is 13.1. The van der Waals surface area contributed by atoms with Crippen LogP contribution < -0.4 is 5.32 Å². The van der Waals surface area contributed by atoms with Crippen molar-refractivity contribution in [3.8, 4) is 0 Å². The minimum Gasteiger partial charge on any atom is -0.467 e. The quantitative estimate of drug-likeness (QED) is 0.894. The second-order valence-electron chi connectivity index (χ2n) is 5.22. The van der Waals surface area contributed by atoms with Crippen LogP contribution in [-0.4, -0.2) is 30.4 Å². The van der Waals surface area contributed by atoms with Crippen LogP contribution in [-0.2, 0) is 4.79 Å². The fourth-order valence-corrected chi connectivity index (χ4v) is 2.55. The van der Waals surface area contributed by atoms with Gasteiger partial charge in [0.15, 0.2) is 0 Å². The molecule has 0 spiro atoms. The lowest BCUT2D eigenvalue weighted by atomic mass is 9.91. The topological polar surface area (TPSA) is 45.5 Å². The van der Waals surface area contributed by atoms with Gasteiger partial charge in [-0.2, -0.15) is 0 Å². The number of amides is 1. The molecule has 0 bridgehead atoms. The molecule has 1 aliphatic heterocycles. The van der Waals surface area contributed by atoms with Crippen molar-refractivity contribution in [1.82, 2.24) is 10.2 Å². The highest BCUT2D eigenvalue weighted by Gasteiger charge is 2.29. The first-order valence-electron chi connectivity index (χ1n) is 6.63. The van der Waals surface area contributed by atoms with Gasteiger partial charge >= 0.3 is 0 Å². The lowest BCUT2D eigenvalue weighted by molar-refractivity contribution is -0.137. The van der Waals surface area contributed by atoms with Crippen LogP contribution in [0.5, 0.6) is 0 Å². The molecule has 1 amide bonds. The zero-order valence-electron chi connectivity index (χ0n) is 11.3. The van der Waals surface area contributed by atoms with Gasteiger partial charge in [-0.1, -0.05) is 0 Å². The SMILES string of the molecule is CC(c1ccco1)N(C)C(=O)[C@H]1CCN[C@@H](C)C1. The van der Waals surface area contributed by atoms with Crippen LogP contribution in [0.3, 0.4) is 0 Å². The second kappa shape index (κ2) is 5.57. The van der Waals surface area contributed by atoms with Crippen molar-refractivity contribution in [2.75, 3.05) is 13.6 Å². The predicted molar refractivity (Wildman–Crippen MR) is 70.1 cm³/mol. The molecule has 0 saturated carbocycles. The van der Waals surface area contributed by atoms with Crippen molar-refractivity contribution in [1.29, 1.82) is 0 Å². The van der Waals surface area contributed by atoms with Crippen LogP contribution in [0.4, 0.5) is 0 Å². The van der Waals surface area contributed by atoms with Crippen LogP contribution >= 0.6 is 0 Å². The van der Waals surface area contributed by atoms with Gasteiger partial charge in [0.05, 0.1) is 12.3 Å². The molecule has 1 fully saturated rings. The third-order valence-electron chi connectivity index (χ3n) is 3.86. The predicted octanol–water partition coefficient (Wildman–Crippen LogP) is 2.19. The second-order valence-corrected chi connectivity index (χ2v) is 5.22. The summed E-state index contributed by atoms with van der Waals surface area (Å²) in [6, 6.07) is 4.20. The largest absolute Gasteiger partial charge is 0.467 e. The van der Waals surface area contributed by atoms with Gasteiger partial charge in [-0.05, 0) is 45.4 Å². The number of piperidine rings is 1. The Balaban J connectivity index is 1.99. The molecule has 1 aromatic rings. The van der Waals surface area contributed by atoms with E-state index in [1.165, 1.54) is 0 Å². The summed E-state index contributed by atoms with van der Waals surface area (Å²) in [6.45, 7) is 5.07. The molecule has 1 aromatic heterocycles. The summed E-state index contributed by atoms with van der Waals surface area (Å²) in [6.07, 6.45) is 3.50. The van der Waals surface area contributed by atoms with Gasteiger partial charge in [0, 0.05) is 19.0 Å². The Kier molecular flexibility index (Phi) is 4.07. The van der Waals surface area contributed by atoms with Crippen LogP contribution in [0.25, 0.3) is 0 Å². The van der Waals surface area contributed by atoms with Gasteiger partial charge in [0.2, 0.25) is 5.91 Å². The van der Waals surface area contributed by atoms with Gasteiger partial charge in [0.1, 0.15) is 5.76 Å². The fourth-order valence-electron chi connectivity index (χ4n) is 2.55. The highest BCUT2D eigenvalue weighted by molar-refractivity contribution is 5.79. The first-order valence-corrected chi connectivity index (χ1v) is 6.63. The van der Waals surface area contributed by atoms with Crippen molar-refractivity contribution in [2.45, 2.75) is 38.8 Å². The van der Waals surface area contributed by atoms with E-state index in [9.17, 15) is 4.79 Å². The number of carbonyl (C=O) groups excluding carboxylic acids is 1. The average molecular weight is 250 g/mol. The third-order valence-corrected chi connectivity index (χ3v) is 3.86. The van der Waals surface area contributed by atoms with Gasteiger partial charge in [-0.25, -0.2) is 0 Å². The summed E-state index contributed by atoms with van der Waals surface area (Å²) < 4.78 is 5.37. The molecule has 4 heteroatoms. The number of rotatable bonds is 3. The Labute approximate surface area is 108 Å². The number of hydrogen-bond donors (Lipinski definition) is 1. The molecule has 1 saturated heterocycles. The maximum absolute atomic E-state index is 12.4. The van der Waals surface area contributed by atoms with Gasteiger partial charge < -0.3 is 14.6 Å². The summed E-state index contributed by atoms with van der Waals surface area (Å²) in [5.74, 6) is 1.21. The zero-order chi connectivity index (χ0) is 13.1. The van der Waals surface area contributed by atoms with E-state index in [-0.39, 0.29) is 17.9 Å². The van der Waals surface area contributed by atoms with E-state index in [0.717, 1.165) is 25.1 Å².